The van der Waals surface area contributed by atoms with E-state index < -0.39 is 17.9 Å². The molecule has 0 aromatic heterocycles. The van der Waals surface area contributed by atoms with E-state index in [0.29, 0.717) is 45.7 Å². The molecule has 0 unspecified atom stereocenters. The summed E-state index contributed by atoms with van der Waals surface area (Å²) in [6, 6.07) is 0. The largest absolute Gasteiger partial charge is 0.480 e. The van der Waals surface area contributed by atoms with E-state index in [2.05, 4.69) is 4.90 Å². The van der Waals surface area contributed by atoms with Crippen molar-refractivity contribution in [3.63, 3.8) is 0 Å². The molecule has 0 amide bonds. The van der Waals surface area contributed by atoms with E-state index in [1.54, 1.807) is 4.90 Å². The smallest absolute Gasteiger partial charge is 0.317 e. The molecule has 31 heavy (non-hydrogen) atoms. The van der Waals surface area contributed by atoms with Gasteiger partial charge in [-0.3, -0.25) is 29.1 Å². The van der Waals surface area contributed by atoms with Crippen molar-refractivity contribution in [1.82, 2.24) is 19.6 Å². The fourth-order valence-corrected chi connectivity index (χ4v) is 3.17. The van der Waals surface area contributed by atoms with Crippen LogP contribution in [0.1, 0.15) is 40.5 Å². The first kappa shape index (κ1) is 31.4. The van der Waals surface area contributed by atoms with Crippen molar-refractivity contribution in [1.29, 1.82) is 0 Å². The van der Waals surface area contributed by atoms with E-state index in [4.69, 9.17) is 15.3 Å². The third-order valence-electron chi connectivity index (χ3n) is 4.57. The van der Waals surface area contributed by atoms with Crippen molar-refractivity contribution < 1.29 is 29.7 Å². The van der Waals surface area contributed by atoms with Crippen molar-refractivity contribution in [2.75, 3.05) is 79.0 Å². The molecule has 1 aliphatic rings. The number of aliphatic carboxylic acids is 3. The minimum atomic E-state index is -0.926. The highest BCUT2D eigenvalue weighted by Gasteiger charge is 2.17. The van der Waals surface area contributed by atoms with Crippen LogP contribution < -0.4 is 0 Å². The van der Waals surface area contributed by atoms with E-state index in [1.807, 2.05) is 44.5 Å². The van der Waals surface area contributed by atoms with Crippen molar-refractivity contribution in [3.05, 3.63) is 0 Å². The molecule has 3 N–H and O–H groups in total. The molecule has 1 rings (SSSR count). The Balaban J connectivity index is 0. The van der Waals surface area contributed by atoms with Crippen molar-refractivity contribution in [2.45, 2.75) is 40.5 Å². The van der Waals surface area contributed by atoms with E-state index in [9.17, 15) is 14.4 Å². The lowest BCUT2D eigenvalue weighted by Gasteiger charge is -2.29. The van der Waals surface area contributed by atoms with Crippen LogP contribution in [-0.4, -0.2) is 132 Å². The molecule has 184 valence electrons. The quantitative estimate of drug-likeness (QED) is 0.540. The molecule has 0 aromatic carbocycles. The molecule has 0 saturated carbocycles. The zero-order valence-corrected chi connectivity index (χ0v) is 20.0. The Hall–Kier alpha value is -1.75. The van der Waals surface area contributed by atoms with Crippen LogP contribution in [0.25, 0.3) is 0 Å². The van der Waals surface area contributed by atoms with Crippen LogP contribution in [0, 0.1) is 0 Å². The van der Waals surface area contributed by atoms with Gasteiger partial charge in [0, 0.05) is 45.8 Å². The summed E-state index contributed by atoms with van der Waals surface area (Å²) in [5.74, 6) is -2.69. The molecule has 0 radical (unpaired) electrons. The maximum absolute atomic E-state index is 11.1. The van der Waals surface area contributed by atoms with Gasteiger partial charge in [0.05, 0.1) is 19.6 Å². The lowest BCUT2D eigenvalue weighted by molar-refractivity contribution is -0.140. The van der Waals surface area contributed by atoms with E-state index in [1.165, 1.54) is 0 Å². The molecule has 0 bridgehead atoms. The van der Waals surface area contributed by atoms with Gasteiger partial charge in [0.15, 0.2) is 0 Å². The summed E-state index contributed by atoms with van der Waals surface area (Å²) in [5.41, 5.74) is 0. The summed E-state index contributed by atoms with van der Waals surface area (Å²) in [6.07, 6.45) is 1.45. The second-order valence-electron chi connectivity index (χ2n) is 7.02. The lowest BCUT2D eigenvalue weighted by Crippen LogP contribution is -2.43. The number of hydrogen-bond donors (Lipinski definition) is 3. The monoisotopic (exact) mass is 448 g/mol. The van der Waals surface area contributed by atoms with Gasteiger partial charge in [-0.1, -0.05) is 27.7 Å². The summed E-state index contributed by atoms with van der Waals surface area (Å²) >= 11 is 0. The van der Waals surface area contributed by atoms with E-state index in [-0.39, 0.29) is 19.6 Å². The number of hydrogen-bond acceptors (Lipinski definition) is 7. The van der Waals surface area contributed by atoms with Gasteiger partial charge in [0.2, 0.25) is 0 Å². The Labute approximate surface area is 187 Å². The molecule has 10 nitrogen and oxygen atoms in total. The molecule has 1 heterocycles. The van der Waals surface area contributed by atoms with Gasteiger partial charge in [0.25, 0.3) is 0 Å². The second-order valence-corrected chi connectivity index (χ2v) is 7.02. The third-order valence-corrected chi connectivity index (χ3v) is 4.57. The fourth-order valence-electron chi connectivity index (χ4n) is 3.17. The zero-order valence-electron chi connectivity index (χ0n) is 20.0. The third kappa shape index (κ3) is 18.7. The minimum absolute atomic E-state index is 0.0286. The Morgan fingerprint density at radius 2 is 0.839 bits per heavy atom. The van der Waals surface area contributed by atoms with Crippen LogP contribution in [0.4, 0.5) is 0 Å². The highest BCUT2D eigenvalue weighted by molar-refractivity contribution is 5.69. The SMILES string of the molecule is CC.CC.CN1CCCN(CC(=O)O)CCN(CC(=O)O)CCCN(CC(=O)O)CC1. The van der Waals surface area contributed by atoms with Gasteiger partial charge in [-0.05, 0) is 26.4 Å². The highest BCUT2D eigenvalue weighted by atomic mass is 16.4. The Kier molecular flexibility index (Phi) is 20.5. The van der Waals surface area contributed by atoms with Crippen LogP contribution in [0.2, 0.25) is 0 Å². The van der Waals surface area contributed by atoms with Crippen molar-refractivity contribution >= 4 is 17.9 Å². The number of rotatable bonds is 6. The van der Waals surface area contributed by atoms with Gasteiger partial charge < -0.3 is 20.2 Å². The molecule has 0 spiro atoms. The van der Waals surface area contributed by atoms with Crippen molar-refractivity contribution in [3.8, 4) is 0 Å². The number of carboxylic acid groups (broad SMARTS) is 3. The lowest BCUT2D eigenvalue weighted by atomic mass is 10.3. The maximum Gasteiger partial charge on any atom is 0.317 e. The van der Waals surface area contributed by atoms with Crippen LogP contribution in [0.15, 0.2) is 0 Å². The minimum Gasteiger partial charge on any atom is -0.480 e. The molecular weight excluding hydrogens is 404 g/mol. The molecule has 0 aliphatic carbocycles. The van der Waals surface area contributed by atoms with Gasteiger partial charge in [-0.25, -0.2) is 0 Å². The maximum atomic E-state index is 11.1. The standard InChI is InChI=1S/C17H32N4O6.2C2H6/c1-18-4-2-5-20(13-16(24)25)10-11-21(14-17(26)27)7-3-6-19(9-8-18)12-15(22)23;2*1-2/h2-14H2,1H3,(H,22,23)(H,24,25)(H,26,27);2*1-2H3. The number of carboxylic acids is 3. The van der Waals surface area contributed by atoms with Gasteiger partial charge in [-0.15, -0.1) is 0 Å². The molecule has 1 saturated heterocycles. The predicted molar refractivity (Wildman–Crippen MR) is 122 cm³/mol. The Morgan fingerprint density at radius 3 is 1.16 bits per heavy atom. The molecule has 1 aliphatic heterocycles. The zero-order chi connectivity index (χ0) is 24.2. The Morgan fingerprint density at radius 1 is 0.548 bits per heavy atom. The van der Waals surface area contributed by atoms with Gasteiger partial charge in [0.1, 0.15) is 0 Å². The normalized spacial score (nSPS) is 18.5. The van der Waals surface area contributed by atoms with Crippen LogP contribution in [0.3, 0.4) is 0 Å². The number of likely N-dealkylation sites (N-methyl/N-ethyl adjacent to an activating group) is 1. The summed E-state index contributed by atoms with van der Waals surface area (Å²) in [5, 5.41) is 27.3. The van der Waals surface area contributed by atoms with E-state index in [0.717, 1.165) is 19.5 Å². The average Bonchev–Trinajstić information content (AvgIpc) is 2.71. The predicted octanol–water partition coefficient (Wildman–Crippen LogP) is 0.924. The summed E-state index contributed by atoms with van der Waals surface area (Å²) < 4.78 is 0. The van der Waals surface area contributed by atoms with E-state index >= 15 is 0 Å². The average molecular weight is 449 g/mol. The summed E-state index contributed by atoms with van der Waals surface area (Å²) in [7, 11) is 1.97. The van der Waals surface area contributed by atoms with Gasteiger partial charge in [-0.2, -0.15) is 0 Å². The molecular formula is C21H44N4O6. The molecule has 10 heteroatoms. The summed E-state index contributed by atoms with van der Waals surface area (Å²) in [6.45, 7) is 12.6. The Bertz CT molecular complexity index is 492. The van der Waals surface area contributed by atoms with Gasteiger partial charge >= 0.3 is 17.9 Å². The first-order valence-electron chi connectivity index (χ1n) is 11.3. The highest BCUT2D eigenvalue weighted by Crippen LogP contribution is 2.02. The molecule has 0 aromatic rings. The van der Waals surface area contributed by atoms with Crippen LogP contribution in [-0.2, 0) is 14.4 Å². The van der Waals surface area contributed by atoms with Crippen LogP contribution >= 0.6 is 0 Å². The number of carbonyl (C=O) groups is 3. The molecule has 1 fully saturated rings. The topological polar surface area (TPSA) is 125 Å². The van der Waals surface area contributed by atoms with Crippen molar-refractivity contribution in [2.24, 2.45) is 0 Å². The fraction of sp³-hybridized carbons (Fsp3) is 0.857. The molecule has 0 atom stereocenters. The summed E-state index contributed by atoms with van der Waals surface area (Å²) in [4.78, 5) is 40.9. The number of nitrogens with zero attached hydrogens (tertiary/aromatic N) is 4. The van der Waals surface area contributed by atoms with Crippen LogP contribution in [0.5, 0.6) is 0 Å². The second kappa shape index (κ2) is 20.2. The first-order chi connectivity index (χ1) is 14.8. The first-order valence-corrected chi connectivity index (χ1v) is 11.3.